The average molecular weight is 189 g/mol. The van der Waals surface area contributed by atoms with Crippen molar-refractivity contribution in [2.24, 2.45) is 0 Å². The maximum atomic E-state index is 10.5. The fraction of sp³-hybridized carbons (Fsp3) is 0.750. The van der Waals surface area contributed by atoms with E-state index in [9.17, 15) is 4.79 Å². The predicted octanol–water partition coefficient (Wildman–Crippen LogP) is 1.90. The van der Waals surface area contributed by atoms with E-state index in [1.807, 2.05) is 0 Å². The highest BCUT2D eigenvalue weighted by Crippen LogP contribution is 1.98. The van der Waals surface area contributed by atoms with E-state index in [0.29, 0.717) is 6.61 Å². The first kappa shape index (κ1) is 11.4. The minimum absolute atomic E-state index is 0.357. The molecule has 1 amide bonds. The van der Waals surface area contributed by atoms with E-state index in [1.165, 1.54) is 0 Å². The summed E-state index contributed by atoms with van der Waals surface area (Å²) in [4.78, 5) is 10.5. The third kappa shape index (κ3) is 7.47. The fourth-order valence-electron chi connectivity index (χ4n) is 0.744. The molecular weight excluding hydrogens is 174 g/mol. The van der Waals surface area contributed by atoms with Gasteiger partial charge >= 0.3 is 6.09 Å². The summed E-state index contributed by atoms with van der Waals surface area (Å²) in [5, 5.41) is 4.12. The zero-order valence-corrected chi connectivity index (χ0v) is 8.15. The Balaban J connectivity index is 3.00. The molecule has 0 saturated heterocycles. The van der Waals surface area contributed by atoms with Crippen molar-refractivity contribution in [3.05, 3.63) is 0 Å². The van der Waals surface area contributed by atoms with Crippen molar-refractivity contribution in [1.29, 1.82) is 0 Å². The molecule has 0 saturated carbocycles. The lowest BCUT2D eigenvalue weighted by Gasteiger charge is -2.02. The molecule has 0 aliphatic heterocycles. The third-order valence-corrected chi connectivity index (χ3v) is 1.64. The molecule has 0 fully saturated rings. The molecule has 0 bridgehead atoms. The summed E-state index contributed by atoms with van der Waals surface area (Å²) in [6.45, 7) is 0.497. The van der Waals surface area contributed by atoms with Crippen LogP contribution >= 0.6 is 12.2 Å². The highest BCUT2D eigenvalue weighted by Gasteiger charge is 1.95. The number of hydrogen-bond acceptors (Lipinski definition) is 3. The van der Waals surface area contributed by atoms with Gasteiger partial charge in [0.1, 0.15) is 0 Å². The van der Waals surface area contributed by atoms with Gasteiger partial charge in [0.2, 0.25) is 0 Å². The molecule has 3 nitrogen and oxygen atoms in total. The van der Waals surface area contributed by atoms with Crippen LogP contribution in [0.5, 0.6) is 0 Å². The summed E-state index contributed by atoms with van der Waals surface area (Å²) in [6, 6.07) is 0. The van der Waals surface area contributed by atoms with E-state index < -0.39 is 0 Å². The van der Waals surface area contributed by atoms with Gasteiger partial charge in [-0.2, -0.15) is 0 Å². The lowest BCUT2D eigenvalue weighted by molar-refractivity contribution is 0.146. The second-order valence-corrected chi connectivity index (χ2v) is 2.74. The number of ether oxygens (including phenoxy) is 1. The summed E-state index contributed by atoms with van der Waals surface area (Å²) >= 11 is 4.67. The van der Waals surface area contributed by atoms with E-state index >= 15 is 0 Å². The van der Waals surface area contributed by atoms with Crippen LogP contribution in [0.25, 0.3) is 0 Å². The third-order valence-electron chi connectivity index (χ3n) is 1.40. The number of rotatable bonds is 6. The van der Waals surface area contributed by atoms with Gasteiger partial charge in [-0.05, 0) is 31.1 Å². The number of thiocarbonyl (C=S) groups is 1. The fourth-order valence-corrected chi connectivity index (χ4v) is 0.910. The van der Waals surface area contributed by atoms with E-state index in [2.05, 4.69) is 17.5 Å². The lowest BCUT2D eigenvalue weighted by Crippen LogP contribution is -2.19. The van der Waals surface area contributed by atoms with Crippen LogP contribution in [0.1, 0.15) is 25.7 Å². The molecular formula is C8H15NO2S. The van der Waals surface area contributed by atoms with Gasteiger partial charge in [0, 0.05) is 7.05 Å². The molecule has 0 aromatic carbocycles. The Morgan fingerprint density at radius 2 is 2.25 bits per heavy atom. The summed E-state index contributed by atoms with van der Waals surface area (Å²) in [5.41, 5.74) is 0. The van der Waals surface area contributed by atoms with Crippen LogP contribution in [0.3, 0.4) is 0 Å². The van der Waals surface area contributed by atoms with E-state index in [1.54, 1.807) is 12.4 Å². The molecule has 0 spiro atoms. The number of carbonyl (C=O) groups excluding carboxylic acids is 1. The molecule has 4 heteroatoms. The monoisotopic (exact) mass is 189 g/mol. The van der Waals surface area contributed by atoms with E-state index in [4.69, 9.17) is 4.74 Å². The summed E-state index contributed by atoms with van der Waals surface area (Å²) in [6.07, 6.45) is 3.67. The predicted molar refractivity (Wildman–Crippen MR) is 52.5 cm³/mol. The van der Waals surface area contributed by atoms with Crippen molar-refractivity contribution in [1.82, 2.24) is 5.32 Å². The number of hydrogen-bond donors (Lipinski definition) is 1. The maximum absolute atomic E-state index is 10.5. The molecule has 0 atom stereocenters. The molecule has 1 N–H and O–H groups in total. The van der Waals surface area contributed by atoms with Gasteiger partial charge in [0.05, 0.1) is 6.61 Å². The molecule has 0 heterocycles. The van der Waals surface area contributed by atoms with Gasteiger partial charge in [-0.1, -0.05) is 12.2 Å². The Labute approximate surface area is 78.5 Å². The van der Waals surface area contributed by atoms with E-state index in [-0.39, 0.29) is 6.09 Å². The second-order valence-electron chi connectivity index (χ2n) is 2.40. The Hall–Kier alpha value is -0.640. The lowest BCUT2D eigenvalue weighted by atomic mass is 10.2. The molecule has 0 aromatic rings. The highest BCUT2D eigenvalue weighted by atomic mass is 32.1. The van der Waals surface area contributed by atoms with Gasteiger partial charge in [-0.15, -0.1) is 0 Å². The van der Waals surface area contributed by atoms with Gasteiger partial charge in [-0.25, -0.2) is 4.79 Å². The van der Waals surface area contributed by atoms with Crippen LogP contribution in [0.4, 0.5) is 4.79 Å². The Morgan fingerprint density at radius 3 is 2.83 bits per heavy atom. The molecule has 0 radical (unpaired) electrons. The Bertz CT molecular complexity index is 139. The van der Waals surface area contributed by atoms with E-state index in [0.717, 1.165) is 25.7 Å². The Kier molecular flexibility index (Phi) is 8.01. The van der Waals surface area contributed by atoms with Crippen molar-refractivity contribution in [2.45, 2.75) is 25.7 Å². The van der Waals surface area contributed by atoms with Crippen molar-refractivity contribution in [3.8, 4) is 0 Å². The summed E-state index contributed by atoms with van der Waals surface area (Å²) in [7, 11) is 1.55. The van der Waals surface area contributed by atoms with Crippen LogP contribution in [-0.2, 0) is 4.74 Å². The van der Waals surface area contributed by atoms with Crippen LogP contribution in [0, 0.1) is 0 Å². The van der Waals surface area contributed by atoms with Crippen LogP contribution in [0.2, 0.25) is 0 Å². The maximum Gasteiger partial charge on any atom is 0.406 e. The van der Waals surface area contributed by atoms with Gasteiger partial charge in [0.25, 0.3) is 0 Å². The molecule has 70 valence electrons. The molecule has 12 heavy (non-hydrogen) atoms. The van der Waals surface area contributed by atoms with Crippen molar-refractivity contribution >= 4 is 23.7 Å². The van der Waals surface area contributed by atoms with Gasteiger partial charge in [0.15, 0.2) is 0 Å². The van der Waals surface area contributed by atoms with Crippen molar-refractivity contribution in [3.63, 3.8) is 0 Å². The Morgan fingerprint density at radius 1 is 1.50 bits per heavy atom. The first-order chi connectivity index (χ1) is 5.81. The summed E-state index contributed by atoms with van der Waals surface area (Å²) < 4.78 is 4.79. The number of alkyl carbamates (subject to hydrolysis) is 1. The number of unbranched alkanes of at least 4 members (excludes halogenated alkanes) is 3. The zero-order chi connectivity index (χ0) is 9.23. The minimum atomic E-state index is -0.357. The first-order valence-electron chi connectivity index (χ1n) is 4.09. The highest BCUT2D eigenvalue weighted by molar-refractivity contribution is 7.78. The van der Waals surface area contributed by atoms with Gasteiger partial charge in [-0.3, -0.25) is 0 Å². The number of carbonyl (C=O) groups is 1. The SMILES string of the molecule is CNC(=O)OCCCCCC=S. The van der Waals surface area contributed by atoms with Gasteiger partial charge < -0.3 is 10.1 Å². The zero-order valence-electron chi connectivity index (χ0n) is 7.34. The smallest absolute Gasteiger partial charge is 0.406 e. The largest absolute Gasteiger partial charge is 0.450 e. The normalized spacial score (nSPS) is 9.08. The molecule has 0 rings (SSSR count). The quantitative estimate of drug-likeness (QED) is 0.512. The number of amides is 1. The van der Waals surface area contributed by atoms with Crippen LogP contribution < -0.4 is 5.32 Å². The average Bonchev–Trinajstić information content (AvgIpc) is 2.10. The number of nitrogens with one attached hydrogen (secondary N) is 1. The minimum Gasteiger partial charge on any atom is -0.450 e. The summed E-state index contributed by atoms with van der Waals surface area (Å²) in [5.74, 6) is 0. The van der Waals surface area contributed by atoms with Crippen LogP contribution in [-0.4, -0.2) is 25.1 Å². The molecule has 0 aliphatic rings. The van der Waals surface area contributed by atoms with Crippen molar-refractivity contribution in [2.75, 3.05) is 13.7 Å². The van der Waals surface area contributed by atoms with Crippen LogP contribution in [0.15, 0.2) is 0 Å². The molecule has 0 aromatic heterocycles. The first-order valence-corrected chi connectivity index (χ1v) is 4.56. The van der Waals surface area contributed by atoms with Crippen molar-refractivity contribution < 1.29 is 9.53 Å². The molecule has 0 aliphatic carbocycles. The standard InChI is InChI=1S/C8H15NO2S/c1-9-8(10)11-6-4-2-3-5-7-12/h7H,2-6H2,1H3,(H,9,10). The second kappa shape index (κ2) is 8.46. The molecule has 0 unspecified atom stereocenters. The topological polar surface area (TPSA) is 38.3 Å².